The Kier molecular flexibility index (Phi) is 7.12. The molecule has 0 aromatic carbocycles. The number of likely N-dealkylation sites (tertiary alicyclic amines) is 1. The fraction of sp³-hybridized carbons (Fsp3) is 0.259. The fourth-order valence-corrected chi connectivity index (χ4v) is 4.56. The number of hydrogen-bond acceptors (Lipinski definition) is 8. The number of nitrogens with one attached hydrogen (secondary N) is 1. The highest BCUT2D eigenvalue weighted by Crippen LogP contribution is 2.25. The van der Waals surface area contributed by atoms with Gasteiger partial charge < -0.3 is 15.8 Å². The monoisotopic (exact) mass is 499 g/mol. The van der Waals surface area contributed by atoms with E-state index < -0.39 is 0 Å². The normalized spacial score (nSPS) is 15.4. The van der Waals surface area contributed by atoms with Crippen LogP contribution < -0.4 is 15.8 Å². The summed E-state index contributed by atoms with van der Waals surface area (Å²) < 4.78 is 5.91. The minimum absolute atomic E-state index is 0.315. The lowest BCUT2D eigenvalue weighted by molar-refractivity contribution is 0.163. The van der Waals surface area contributed by atoms with Crippen molar-refractivity contribution in [3.8, 4) is 17.7 Å². The van der Waals surface area contributed by atoms with Gasteiger partial charge in [-0.3, -0.25) is 4.90 Å². The van der Waals surface area contributed by atoms with Crippen LogP contribution in [0.15, 0.2) is 55.0 Å². The minimum Gasteiger partial charge on any atom is -0.476 e. The van der Waals surface area contributed by atoms with Gasteiger partial charge in [0.05, 0.1) is 5.56 Å². The predicted octanol–water partition coefficient (Wildman–Crippen LogP) is 4.14. The molecule has 9 heteroatoms. The summed E-state index contributed by atoms with van der Waals surface area (Å²) in [5.41, 5.74) is 8.56. The second kappa shape index (κ2) is 10.8. The van der Waals surface area contributed by atoms with Crippen LogP contribution >= 0.6 is 11.6 Å². The Morgan fingerprint density at radius 1 is 1.14 bits per heavy atom. The van der Waals surface area contributed by atoms with Gasteiger partial charge in [0, 0.05) is 55.1 Å². The van der Waals surface area contributed by atoms with Crippen LogP contribution in [0.4, 0.5) is 11.6 Å². The Morgan fingerprint density at radius 2 is 2.06 bits per heavy atom. The number of hydrogen-bond donors (Lipinski definition) is 2. The van der Waals surface area contributed by atoms with Crippen LogP contribution in [0.1, 0.15) is 29.7 Å². The van der Waals surface area contributed by atoms with Gasteiger partial charge in [-0.15, -0.1) is 0 Å². The molecule has 8 nitrogen and oxygen atoms in total. The fourth-order valence-electron chi connectivity index (χ4n) is 4.40. The van der Waals surface area contributed by atoms with Crippen molar-refractivity contribution < 1.29 is 4.74 Å². The summed E-state index contributed by atoms with van der Waals surface area (Å²) in [7, 11) is 1.82. The lowest BCUT2D eigenvalue weighted by Crippen LogP contribution is -2.33. The molecule has 0 amide bonds. The molecule has 0 aliphatic carbocycles. The Labute approximate surface area is 214 Å². The number of pyridine rings is 4. The van der Waals surface area contributed by atoms with Crippen molar-refractivity contribution in [1.82, 2.24) is 24.8 Å². The van der Waals surface area contributed by atoms with Crippen LogP contribution in [-0.4, -0.2) is 51.1 Å². The lowest BCUT2D eigenvalue weighted by atomic mass is 10.1. The molecule has 1 atom stereocenters. The Bertz CT molecular complexity index is 1450. The summed E-state index contributed by atoms with van der Waals surface area (Å²) in [5, 5.41) is 5.29. The molecule has 1 saturated heterocycles. The molecule has 182 valence electrons. The highest BCUT2D eigenvalue weighted by molar-refractivity contribution is 6.29. The van der Waals surface area contributed by atoms with Crippen molar-refractivity contribution in [2.75, 3.05) is 31.2 Å². The van der Waals surface area contributed by atoms with E-state index in [9.17, 15) is 0 Å². The van der Waals surface area contributed by atoms with Crippen LogP contribution in [0.5, 0.6) is 5.88 Å². The number of rotatable bonds is 6. The summed E-state index contributed by atoms with van der Waals surface area (Å²) in [4.78, 5) is 19.8. The van der Waals surface area contributed by atoms with E-state index in [-0.39, 0.29) is 0 Å². The lowest BCUT2D eigenvalue weighted by Gasteiger charge is -2.24. The van der Waals surface area contributed by atoms with E-state index in [4.69, 9.17) is 22.1 Å². The SMILES string of the molecule is CNc1ncc(C#Cc2cc(CN3CCCC3COc3cccc(Cl)n3)ccn2)c2cc(N)ncc12. The average Bonchev–Trinajstić information content (AvgIpc) is 3.33. The van der Waals surface area contributed by atoms with Crippen molar-refractivity contribution in [2.45, 2.75) is 25.4 Å². The molecule has 1 unspecified atom stereocenters. The van der Waals surface area contributed by atoms with Gasteiger partial charge in [-0.25, -0.2) is 19.9 Å². The molecule has 0 bridgehead atoms. The molecule has 5 rings (SSSR count). The molecule has 5 heterocycles. The van der Waals surface area contributed by atoms with E-state index in [0.717, 1.165) is 53.6 Å². The van der Waals surface area contributed by atoms with Crippen LogP contribution in [0.2, 0.25) is 5.15 Å². The smallest absolute Gasteiger partial charge is 0.214 e. The third kappa shape index (κ3) is 5.48. The second-order valence-corrected chi connectivity index (χ2v) is 8.99. The highest BCUT2D eigenvalue weighted by Gasteiger charge is 2.25. The van der Waals surface area contributed by atoms with Crippen molar-refractivity contribution in [1.29, 1.82) is 0 Å². The van der Waals surface area contributed by atoms with E-state index in [1.54, 1.807) is 24.7 Å². The number of nitrogen functional groups attached to an aromatic ring is 1. The average molecular weight is 500 g/mol. The number of ether oxygens (including phenoxy) is 1. The molecule has 0 spiro atoms. The first-order valence-corrected chi connectivity index (χ1v) is 12.1. The molecule has 1 fully saturated rings. The van der Waals surface area contributed by atoms with Crippen LogP contribution in [0.25, 0.3) is 10.8 Å². The first-order chi connectivity index (χ1) is 17.6. The van der Waals surface area contributed by atoms with Gasteiger partial charge in [0.25, 0.3) is 0 Å². The molecule has 0 saturated carbocycles. The molecule has 1 aliphatic rings. The number of halogens is 1. The Hall–Kier alpha value is -3.93. The zero-order valence-electron chi connectivity index (χ0n) is 19.9. The number of nitrogens with zero attached hydrogens (tertiary/aromatic N) is 5. The van der Waals surface area contributed by atoms with E-state index in [1.807, 2.05) is 37.4 Å². The second-order valence-electron chi connectivity index (χ2n) is 8.60. The van der Waals surface area contributed by atoms with Crippen LogP contribution in [-0.2, 0) is 6.54 Å². The van der Waals surface area contributed by atoms with Gasteiger partial charge >= 0.3 is 0 Å². The predicted molar refractivity (Wildman–Crippen MR) is 142 cm³/mol. The van der Waals surface area contributed by atoms with Gasteiger partial charge in [-0.05, 0) is 55.1 Å². The quantitative estimate of drug-likeness (QED) is 0.301. The highest BCUT2D eigenvalue weighted by atomic mass is 35.5. The zero-order valence-corrected chi connectivity index (χ0v) is 20.7. The zero-order chi connectivity index (χ0) is 24.9. The number of nitrogens with two attached hydrogens (primary N) is 1. The van der Waals surface area contributed by atoms with E-state index in [2.05, 4.69) is 42.0 Å². The summed E-state index contributed by atoms with van der Waals surface area (Å²) in [6.07, 6.45) is 7.48. The first-order valence-electron chi connectivity index (χ1n) is 11.8. The molecule has 3 N–H and O–H groups in total. The first kappa shape index (κ1) is 23.8. The summed E-state index contributed by atoms with van der Waals surface area (Å²) in [6, 6.07) is 11.6. The third-order valence-corrected chi connectivity index (χ3v) is 6.39. The van der Waals surface area contributed by atoms with E-state index in [1.165, 1.54) is 0 Å². The maximum Gasteiger partial charge on any atom is 0.214 e. The van der Waals surface area contributed by atoms with Gasteiger partial charge in [-0.1, -0.05) is 23.6 Å². The number of aromatic nitrogens is 4. The minimum atomic E-state index is 0.315. The molecule has 1 aliphatic heterocycles. The Morgan fingerprint density at radius 3 is 2.92 bits per heavy atom. The largest absolute Gasteiger partial charge is 0.476 e. The van der Waals surface area contributed by atoms with Crippen LogP contribution in [0, 0.1) is 11.8 Å². The molecule has 4 aromatic rings. The molecular formula is C27H26ClN7O. The Balaban J connectivity index is 1.30. The number of anilines is 2. The molecule has 0 radical (unpaired) electrons. The van der Waals surface area contributed by atoms with Gasteiger partial charge in [0.1, 0.15) is 29.1 Å². The van der Waals surface area contributed by atoms with Crippen molar-refractivity contribution in [3.05, 3.63) is 77.0 Å². The summed E-state index contributed by atoms with van der Waals surface area (Å²) in [5.74, 6) is 8.14. The van der Waals surface area contributed by atoms with Crippen molar-refractivity contribution >= 4 is 34.0 Å². The van der Waals surface area contributed by atoms with Crippen molar-refractivity contribution in [2.24, 2.45) is 0 Å². The molecule has 4 aromatic heterocycles. The maximum absolute atomic E-state index is 5.97. The third-order valence-electron chi connectivity index (χ3n) is 6.18. The van der Waals surface area contributed by atoms with Gasteiger partial charge in [0.2, 0.25) is 5.88 Å². The maximum atomic E-state index is 5.97. The van der Waals surface area contributed by atoms with E-state index in [0.29, 0.717) is 35.2 Å². The van der Waals surface area contributed by atoms with Crippen LogP contribution in [0.3, 0.4) is 0 Å². The van der Waals surface area contributed by atoms with Gasteiger partial charge in [0.15, 0.2) is 0 Å². The number of fused-ring (bicyclic) bond motifs is 1. The standard InChI is InChI=1S/C27H26ClN7O/c1-30-27-23-15-32-25(29)13-22(23)19(14-33-27)7-8-20-12-18(9-10-31-20)16-35-11-3-4-21(35)17-36-26-6-2-5-24(28)34-26/h2,5-6,9-10,12-15,21H,3-4,11,16-17H2,1H3,(H2,29,32)(H,30,33). The van der Waals surface area contributed by atoms with E-state index >= 15 is 0 Å². The summed E-state index contributed by atoms with van der Waals surface area (Å²) >= 11 is 5.97. The van der Waals surface area contributed by atoms with Gasteiger partial charge in [-0.2, -0.15) is 0 Å². The van der Waals surface area contributed by atoms with Crippen molar-refractivity contribution in [3.63, 3.8) is 0 Å². The topological polar surface area (TPSA) is 102 Å². The molecule has 36 heavy (non-hydrogen) atoms. The molecular weight excluding hydrogens is 474 g/mol. The summed E-state index contributed by atoms with van der Waals surface area (Å²) in [6.45, 7) is 2.40.